The number of benzene rings is 2. The third-order valence-electron chi connectivity index (χ3n) is 9.17. The fourth-order valence-corrected chi connectivity index (χ4v) is 6.33. The van der Waals surface area contributed by atoms with E-state index in [1.54, 1.807) is 25.1 Å². The number of phenolic OH excluding ortho intramolecular Hbond substituents is 1. The lowest BCUT2D eigenvalue weighted by Crippen LogP contribution is -2.67. The van der Waals surface area contributed by atoms with Gasteiger partial charge in [0.2, 0.25) is 12.2 Å². The van der Waals surface area contributed by atoms with E-state index in [1.807, 2.05) is 19.2 Å². The van der Waals surface area contributed by atoms with E-state index in [9.17, 15) is 35.4 Å². The van der Waals surface area contributed by atoms with Crippen molar-refractivity contribution in [3.8, 4) is 17.2 Å². The zero-order chi connectivity index (χ0) is 36.3. The SMILES string of the molecule is CCN(C)Cc1ccc(OC/C=C(\C)[C@H]2O[C@@H](Oc3ccc(/C=C(\C)C(=O)N[C@@H]4[C@H](O)[C@@H](O)[C@H]5OCO[C@H]5[C@@H]4O)cc3O)[C@@H](O)[C@@H]2O)c(Cl)c1. The number of aromatic hydroxyl groups is 1. The normalized spacial score (nSPS) is 31.5. The standard InChI is InChI=1S/C35H45ClN2O12/c1-5-38(4)15-20-7-8-23(21(36)13-20)46-11-10-17(2)31-29(43)30(44)35(50-31)49-24-9-6-19(14-22(24)39)12-18(3)34(45)37-25-26(40)28(42)33-32(27(25)41)47-16-48-33/h6-10,12-14,25-33,35,39-44H,5,11,15-16H2,1-4H3,(H,37,45)/b17-10+,18-12+/t25-,26+,27-,28-,29+,30+,31-,32+,33-,35-/m1/s1. The molecule has 2 aromatic rings. The monoisotopic (exact) mass is 720 g/mol. The van der Waals surface area contributed by atoms with Crippen LogP contribution in [0.15, 0.2) is 53.6 Å². The highest BCUT2D eigenvalue weighted by molar-refractivity contribution is 6.32. The summed E-state index contributed by atoms with van der Waals surface area (Å²) in [5.74, 6) is -0.488. The molecule has 2 aliphatic heterocycles. The lowest BCUT2D eigenvalue weighted by Gasteiger charge is -2.41. The highest BCUT2D eigenvalue weighted by atomic mass is 35.5. The zero-order valence-corrected chi connectivity index (χ0v) is 28.9. The van der Waals surface area contributed by atoms with Gasteiger partial charge in [-0.1, -0.05) is 30.7 Å². The Labute approximate surface area is 295 Å². The molecule has 10 atom stereocenters. The molecule has 15 heteroatoms. The van der Waals surface area contributed by atoms with Gasteiger partial charge in [0.15, 0.2) is 11.5 Å². The van der Waals surface area contributed by atoms with E-state index in [1.165, 1.54) is 25.1 Å². The molecule has 3 aliphatic rings. The molecule has 2 aromatic carbocycles. The van der Waals surface area contributed by atoms with Gasteiger partial charge in [-0.15, -0.1) is 0 Å². The van der Waals surface area contributed by atoms with Gasteiger partial charge < -0.3 is 64.5 Å². The van der Waals surface area contributed by atoms with Crippen LogP contribution in [0, 0.1) is 0 Å². The van der Waals surface area contributed by atoms with Crippen LogP contribution in [0.1, 0.15) is 31.9 Å². The number of rotatable bonds is 12. The van der Waals surface area contributed by atoms with Crippen molar-refractivity contribution in [3.63, 3.8) is 0 Å². The number of nitrogens with zero attached hydrogens (tertiary/aromatic N) is 1. The van der Waals surface area contributed by atoms with E-state index < -0.39 is 67.1 Å². The maximum absolute atomic E-state index is 12.9. The first-order valence-electron chi connectivity index (χ1n) is 16.3. The molecule has 7 N–H and O–H groups in total. The fourth-order valence-electron chi connectivity index (χ4n) is 6.07. The van der Waals surface area contributed by atoms with Crippen LogP contribution in [-0.2, 0) is 25.5 Å². The number of amides is 1. The summed E-state index contributed by atoms with van der Waals surface area (Å²) in [6.07, 6.45) is -7.81. The lowest BCUT2D eigenvalue weighted by molar-refractivity contribution is -0.155. The first kappa shape index (κ1) is 38.0. The van der Waals surface area contributed by atoms with Crippen molar-refractivity contribution in [3.05, 3.63) is 69.8 Å². The molecule has 1 aliphatic carbocycles. The molecule has 5 rings (SSSR count). The second-order valence-electron chi connectivity index (χ2n) is 12.8. The van der Waals surface area contributed by atoms with Crippen LogP contribution in [0.3, 0.4) is 0 Å². The summed E-state index contributed by atoms with van der Waals surface area (Å²) in [7, 11) is 2.02. The molecule has 1 saturated carbocycles. The van der Waals surface area contributed by atoms with Gasteiger partial charge in [-0.2, -0.15) is 0 Å². The summed E-state index contributed by atoms with van der Waals surface area (Å²) in [6.45, 7) is 6.94. The smallest absolute Gasteiger partial charge is 0.247 e. The van der Waals surface area contributed by atoms with Crippen molar-refractivity contribution in [1.82, 2.24) is 10.2 Å². The summed E-state index contributed by atoms with van der Waals surface area (Å²) in [6, 6.07) is 8.68. The number of hydrogen-bond donors (Lipinski definition) is 7. The third kappa shape index (κ3) is 8.43. The van der Waals surface area contributed by atoms with Crippen LogP contribution >= 0.6 is 11.6 Å². The Bertz CT molecular complexity index is 1570. The van der Waals surface area contributed by atoms with Crippen LogP contribution in [-0.4, -0.2) is 130 Å². The first-order chi connectivity index (χ1) is 23.8. The molecule has 274 valence electrons. The largest absolute Gasteiger partial charge is 0.504 e. The van der Waals surface area contributed by atoms with E-state index in [2.05, 4.69) is 17.1 Å². The number of carbonyl (C=O) groups excluding carboxylic acids is 1. The van der Waals surface area contributed by atoms with Crippen molar-refractivity contribution in [2.75, 3.05) is 27.0 Å². The van der Waals surface area contributed by atoms with Gasteiger partial charge in [-0.3, -0.25) is 4.79 Å². The minimum Gasteiger partial charge on any atom is -0.504 e. The van der Waals surface area contributed by atoms with Crippen LogP contribution in [0.5, 0.6) is 17.2 Å². The van der Waals surface area contributed by atoms with Gasteiger partial charge in [-0.25, -0.2) is 0 Å². The number of aliphatic hydroxyl groups excluding tert-OH is 5. The highest BCUT2D eigenvalue weighted by Gasteiger charge is 2.53. The first-order valence-corrected chi connectivity index (χ1v) is 16.7. The Morgan fingerprint density at radius 1 is 0.980 bits per heavy atom. The summed E-state index contributed by atoms with van der Waals surface area (Å²) in [5, 5.41) is 66.5. The van der Waals surface area contributed by atoms with Gasteiger partial charge in [0.05, 0.1) is 11.1 Å². The number of halogens is 1. The molecule has 0 spiro atoms. The molecule has 50 heavy (non-hydrogen) atoms. The van der Waals surface area contributed by atoms with E-state index in [-0.39, 0.29) is 30.5 Å². The molecule has 1 amide bonds. The zero-order valence-electron chi connectivity index (χ0n) is 28.2. The maximum atomic E-state index is 12.9. The van der Waals surface area contributed by atoms with Crippen molar-refractivity contribution in [1.29, 1.82) is 0 Å². The van der Waals surface area contributed by atoms with E-state index in [0.717, 1.165) is 18.7 Å². The quantitative estimate of drug-likeness (QED) is 0.122. The molecule has 2 heterocycles. The average molecular weight is 721 g/mol. The van der Waals surface area contributed by atoms with E-state index in [4.69, 9.17) is 35.3 Å². The Morgan fingerprint density at radius 3 is 2.36 bits per heavy atom. The Morgan fingerprint density at radius 2 is 1.68 bits per heavy atom. The second kappa shape index (κ2) is 16.4. The molecule has 2 saturated heterocycles. The minimum atomic E-state index is -1.50. The Kier molecular flexibility index (Phi) is 12.4. The predicted octanol–water partition coefficient (Wildman–Crippen LogP) is 1.07. The molecule has 0 unspecified atom stereocenters. The lowest BCUT2D eigenvalue weighted by atomic mass is 9.83. The maximum Gasteiger partial charge on any atom is 0.247 e. The van der Waals surface area contributed by atoms with Gasteiger partial charge in [0.1, 0.15) is 68.0 Å². The summed E-state index contributed by atoms with van der Waals surface area (Å²) >= 11 is 6.41. The van der Waals surface area contributed by atoms with Gasteiger partial charge in [0.25, 0.3) is 0 Å². The van der Waals surface area contributed by atoms with Crippen molar-refractivity contribution in [2.45, 2.75) is 88.5 Å². The highest BCUT2D eigenvalue weighted by Crippen LogP contribution is 2.34. The van der Waals surface area contributed by atoms with Crippen LogP contribution in [0.4, 0.5) is 0 Å². The van der Waals surface area contributed by atoms with Crippen molar-refractivity contribution in [2.24, 2.45) is 0 Å². The average Bonchev–Trinajstić information content (AvgIpc) is 3.69. The summed E-state index contributed by atoms with van der Waals surface area (Å²) in [4.78, 5) is 15.1. The number of carbonyl (C=O) groups is 1. The molecular formula is C35H45ClN2O12. The van der Waals surface area contributed by atoms with E-state index >= 15 is 0 Å². The minimum absolute atomic E-state index is 0.0369. The number of ether oxygens (including phenoxy) is 5. The Hall–Kier alpha value is -3.28. The van der Waals surface area contributed by atoms with Gasteiger partial charge in [0, 0.05) is 12.1 Å². The van der Waals surface area contributed by atoms with Crippen LogP contribution in [0.2, 0.25) is 5.02 Å². The number of hydrogen-bond acceptors (Lipinski definition) is 13. The topological polar surface area (TPSA) is 200 Å². The molecule has 0 aromatic heterocycles. The molecule has 14 nitrogen and oxygen atoms in total. The second-order valence-corrected chi connectivity index (χ2v) is 13.2. The summed E-state index contributed by atoms with van der Waals surface area (Å²) in [5.41, 5.74) is 2.23. The Balaban J connectivity index is 1.16. The molecule has 0 bridgehead atoms. The van der Waals surface area contributed by atoms with Crippen molar-refractivity contribution >= 4 is 23.6 Å². The van der Waals surface area contributed by atoms with Crippen LogP contribution < -0.4 is 14.8 Å². The predicted molar refractivity (Wildman–Crippen MR) is 180 cm³/mol. The molecule has 3 fully saturated rings. The third-order valence-corrected chi connectivity index (χ3v) is 9.47. The number of aliphatic hydroxyl groups is 5. The van der Waals surface area contributed by atoms with Gasteiger partial charge in [-0.05, 0) is 80.6 Å². The number of fused-ring (bicyclic) bond motifs is 1. The molecular weight excluding hydrogens is 676 g/mol. The van der Waals surface area contributed by atoms with Gasteiger partial charge >= 0.3 is 0 Å². The fraction of sp³-hybridized carbons (Fsp3) is 0.514. The van der Waals surface area contributed by atoms with Crippen molar-refractivity contribution < 1.29 is 59.1 Å². The number of phenols is 1. The van der Waals surface area contributed by atoms with Crippen LogP contribution in [0.25, 0.3) is 6.08 Å². The molecule has 0 radical (unpaired) electrons. The summed E-state index contributed by atoms with van der Waals surface area (Å²) < 4.78 is 27.9. The van der Waals surface area contributed by atoms with E-state index in [0.29, 0.717) is 21.9 Å². The number of nitrogens with one attached hydrogen (secondary N) is 1.